The highest BCUT2D eigenvalue weighted by atomic mass is 16.4. The minimum Gasteiger partial charge on any atom is -0.480 e. The van der Waals surface area contributed by atoms with Crippen molar-refractivity contribution in [2.75, 3.05) is 32.7 Å². The summed E-state index contributed by atoms with van der Waals surface area (Å²) in [4.78, 5) is 151. The quantitative estimate of drug-likeness (QED) is 0.0170. The zero-order chi connectivity index (χ0) is 62.5. The van der Waals surface area contributed by atoms with E-state index in [0.29, 0.717) is 18.5 Å². The molecule has 0 bridgehead atoms. The van der Waals surface area contributed by atoms with Crippen LogP contribution in [0.25, 0.3) is 0 Å². The van der Waals surface area contributed by atoms with Crippen LogP contribution in [0.4, 0.5) is 0 Å². The molecule has 83 heavy (non-hydrogen) atoms. The number of aryl methyl sites for hydroxylation is 1. The first-order valence-corrected chi connectivity index (χ1v) is 27.2. The van der Waals surface area contributed by atoms with Gasteiger partial charge in [-0.2, -0.15) is 0 Å². The first kappa shape index (κ1) is 70.7. The molecule has 9 amide bonds. The molecule has 31 heteroatoms. The molecule has 1 aromatic heterocycles. The lowest BCUT2D eigenvalue weighted by molar-refractivity contribution is -0.144. The Morgan fingerprint density at radius 1 is 0.651 bits per heavy atom. The van der Waals surface area contributed by atoms with Gasteiger partial charge in [-0.25, -0.2) is 9.78 Å². The molecule has 0 radical (unpaired) electrons. The summed E-state index contributed by atoms with van der Waals surface area (Å²) in [6.07, 6.45) is 0.415. The fourth-order valence-electron chi connectivity index (χ4n) is 7.96. The van der Waals surface area contributed by atoms with Gasteiger partial charge in [-0.1, -0.05) is 64.4 Å². The molecule has 1 unspecified atom stereocenters. The molecule has 2 rings (SSSR count). The van der Waals surface area contributed by atoms with Gasteiger partial charge in [0.25, 0.3) is 0 Å². The summed E-state index contributed by atoms with van der Waals surface area (Å²) in [6.45, 7) is 8.93. The lowest BCUT2D eigenvalue weighted by Crippen LogP contribution is -2.62. The van der Waals surface area contributed by atoms with Crippen LogP contribution in [-0.4, -0.2) is 195 Å². The number of aromatic nitrogens is 2. The number of aliphatic carboxylic acids is 1. The molecule has 0 spiro atoms. The lowest BCUT2D eigenvalue weighted by Gasteiger charge is -2.29. The Morgan fingerprint density at radius 2 is 1.20 bits per heavy atom. The molecule has 11 atom stereocenters. The molecule has 31 nitrogen and oxygen atoms in total. The van der Waals surface area contributed by atoms with Crippen molar-refractivity contribution in [3.8, 4) is 0 Å². The van der Waals surface area contributed by atoms with Gasteiger partial charge in [0, 0.05) is 37.9 Å². The molecule has 0 aliphatic heterocycles. The number of nitrogens with one attached hydrogen (secondary N) is 9. The van der Waals surface area contributed by atoms with Crippen molar-refractivity contribution < 1.29 is 63.3 Å². The largest absolute Gasteiger partial charge is 0.480 e. The third-order valence-electron chi connectivity index (χ3n) is 13.0. The number of H-pyrrole nitrogens is 1. The van der Waals surface area contributed by atoms with E-state index < -0.39 is 145 Å². The van der Waals surface area contributed by atoms with Crippen LogP contribution in [0.5, 0.6) is 0 Å². The van der Waals surface area contributed by atoms with Gasteiger partial charge in [0.2, 0.25) is 53.2 Å². The number of rotatable bonds is 37. The lowest BCUT2D eigenvalue weighted by atomic mass is 9.96. The molecule has 2 aromatic rings. The van der Waals surface area contributed by atoms with E-state index in [1.165, 1.54) is 19.4 Å². The highest BCUT2D eigenvalue weighted by Gasteiger charge is 2.37. The van der Waals surface area contributed by atoms with Crippen molar-refractivity contribution in [1.29, 1.82) is 0 Å². The number of imidazole rings is 1. The van der Waals surface area contributed by atoms with Crippen molar-refractivity contribution in [2.24, 2.45) is 50.5 Å². The summed E-state index contributed by atoms with van der Waals surface area (Å²) in [5, 5.41) is 51.1. The standard InChI is InChI=1S/C52H86N18O13/c1-8-28(4)40(48(80)67-39(27(2)3)50(82)83)66-37(73)25-70(21-13-20-60-52(56)57)38(74)24-61-47(79)41(30(6)71)69-49(81)42(31(7)72)68-46(78)36(22-33-23-58-26-62-33)65-45(77)35(18-17-32-14-10-9-11-15-32)64-43(75)29(5)63-44(76)34(53)16-12-19-59-51(54)55/h9-11,14-15,23,26-31,34-36,39-42,71-72H,8,12-13,16-22,24-25,53H2,1-7H3,(H,58,62)(H,61,79)(H,63,76)(H,64,75)(H,65,77)(H,66,73)(H,67,80)(H,68,78)(H,69,81)(H,82,83)(H4,54,55,59)(H4,56,57,60)/t28?,29-,30+,31+,34-,35-,36-,39+,40-,41-,42-/m0/s1. The summed E-state index contributed by atoms with van der Waals surface area (Å²) in [5.41, 5.74) is 28.7. The number of guanidine groups is 2. The van der Waals surface area contributed by atoms with Gasteiger partial charge in [-0.05, 0) is 70.3 Å². The zero-order valence-corrected chi connectivity index (χ0v) is 48.1. The number of aromatic amines is 1. The number of nitrogens with two attached hydrogens (primary N) is 5. The molecule has 0 aliphatic rings. The second kappa shape index (κ2) is 36.1. The van der Waals surface area contributed by atoms with Crippen LogP contribution < -0.4 is 71.2 Å². The number of nitrogens with zero attached hydrogens (tertiary/aromatic N) is 4. The molecular formula is C52H86N18O13. The van der Waals surface area contributed by atoms with Gasteiger partial charge in [0.15, 0.2) is 11.9 Å². The van der Waals surface area contributed by atoms with Gasteiger partial charge < -0.3 is 96.4 Å². The van der Waals surface area contributed by atoms with Crippen LogP contribution in [0.2, 0.25) is 0 Å². The van der Waals surface area contributed by atoms with E-state index in [2.05, 4.69) is 62.5 Å². The van der Waals surface area contributed by atoms with Gasteiger partial charge in [-0.15, -0.1) is 0 Å². The molecule has 22 N–H and O–H groups in total. The average molecular weight is 1170 g/mol. The van der Waals surface area contributed by atoms with Gasteiger partial charge in [-0.3, -0.25) is 53.1 Å². The number of carboxylic acid groups (broad SMARTS) is 1. The summed E-state index contributed by atoms with van der Waals surface area (Å²) >= 11 is 0. The first-order valence-electron chi connectivity index (χ1n) is 27.2. The van der Waals surface area contributed by atoms with Gasteiger partial charge in [0.1, 0.15) is 42.3 Å². The number of hydrogen-bond donors (Lipinski definition) is 17. The van der Waals surface area contributed by atoms with Gasteiger partial charge in [0.05, 0.1) is 37.7 Å². The SMILES string of the molecule is CCC(C)[C@H](NC(=O)CN(CCCN=C(N)N)C(=O)CNC(=O)[C@@H](NC(=O)[C@@H](NC(=O)[C@H](Cc1cnc[nH]1)NC(=O)[C@H](CCc1ccccc1)NC(=O)[C@H](C)NC(=O)[C@@H](N)CCCN=C(N)N)[C@@H](C)O)[C@@H](C)O)C(=O)N[C@@H](C(=O)O)C(C)C. The topological polar surface area (TPSA) is 514 Å². The van der Waals surface area contributed by atoms with E-state index in [9.17, 15) is 63.3 Å². The number of hydrogen-bond acceptors (Lipinski definition) is 16. The molecule has 0 aliphatic carbocycles. The smallest absolute Gasteiger partial charge is 0.326 e. The third kappa shape index (κ3) is 25.9. The number of aliphatic hydroxyl groups is 2. The summed E-state index contributed by atoms with van der Waals surface area (Å²) in [7, 11) is 0. The van der Waals surface area contributed by atoms with Crippen molar-refractivity contribution in [3.63, 3.8) is 0 Å². The first-order chi connectivity index (χ1) is 39.1. The summed E-state index contributed by atoms with van der Waals surface area (Å²) < 4.78 is 0. The Hall–Kier alpha value is -8.45. The van der Waals surface area contributed by atoms with Crippen LogP contribution in [0.1, 0.15) is 91.8 Å². The number of carbonyl (C=O) groups is 10. The number of carbonyl (C=O) groups excluding carboxylic acids is 9. The van der Waals surface area contributed by atoms with Crippen LogP contribution in [0.3, 0.4) is 0 Å². The number of carboxylic acids is 1. The van der Waals surface area contributed by atoms with E-state index in [1.807, 2.05) is 0 Å². The fourth-order valence-corrected chi connectivity index (χ4v) is 7.96. The predicted molar refractivity (Wildman–Crippen MR) is 304 cm³/mol. The van der Waals surface area contributed by atoms with Crippen molar-refractivity contribution in [1.82, 2.24) is 57.4 Å². The Bertz CT molecular complexity index is 2510. The second-order valence-electron chi connectivity index (χ2n) is 20.4. The van der Waals surface area contributed by atoms with E-state index in [4.69, 9.17) is 28.7 Å². The van der Waals surface area contributed by atoms with Crippen LogP contribution in [-0.2, 0) is 60.8 Å². The number of amides is 9. The maximum Gasteiger partial charge on any atom is 0.326 e. The maximum atomic E-state index is 14.2. The molecule has 0 saturated heterocycles. The Labute approximate surface area is 481 Å². The van der Waals surface area contributed by atoms with Crippen molar-refractivity contribution >= 4 is 71.1 Å². The Kier molecular flexibility index (Phi) is 30.7. The number of benzene rings is 1. The normalized spacial score (nSPS) is 15.0. The number of aliphatic imine (C=N–C) groups is 2. The predicted octanol–water partition coefficient (Wildman–Crippen LogP) is -5.46. The second-order valence-corrected chi connectivity index (χ2v) is 20.4. The molecule has 0 saturated carbocycles. The maximum absolute atomic E-state index is 14.2. The highest BCUT2D eigenvalue weighted by molar-refractivity contribution is 5.98. The minimum absolute atomic E-state index is 0.000306. The van der Waals surface area contributed by atoms with E-state index in [-0.39, 0.29) is 63.7 Å². The van der Waals surface area contributed by atoms with Crippen LogP contribution in [0.15, 0.2) is 52.8 Å². The Morgan fingerprint density at radius 3 is 1.76 bits per heavy atom. The fraction of sp³-hybridized carbons (Fsp3) is 0.596. The molecule has 0 fully saturated rings. The van der Waals surface area contributed by atoms with Crippen molar-refractivity contribution in [2.45, 2.75) is 154 Å². The third-order valence-corrected chi connectivity index (χ3v) is 13.0. The van der Waals surface area contributed by atoms with Crippen LogP contribution in [0, 0.1) is 11.8 Å². The Balaban J connectivity index is 2.33. The van der Waals surface area contributed by atoms with E-state index in [0.717, 1.165) is 24.3 Å². The van der Waals surface area contributed by atoms with Crippen LogP contribution >= 0.6 is 0 Å². The summed E-state index contributed by atoms with van der Waals surface area (Å²) in [6, 6.07) is -2.23. The monoisotopic (exact) mass is 1170 g/mol. The average Bonchev–Trinajstić information content (AvgIpc) is 3.94. The minimum atomic E-state index is -1.85. The highest BCUT2D eigenvalue weighted by Crippen LogP contribution is 2.12. The molecule has 462 valence electrons. The molecule has 1 heterocycles. The van der Waals surface area contributed by atoms with E-state index >= 15 is 0 Å². The zero-order valence-electron chi connectivity index (χ0n) is 48.1. The molecule has 1 aromatic carbocycles. The van der Waals surface area contributed by atoms with Gasteiger partial charge >= 0.3 is 5.97 Å². The number of aliphatic hydroxyl groups excluding tert-OH is 2. The summed E-state index contributed by atoms with van der Waals surface area (Å²) in [5.74, 6) is -10.6. The van der Waals surface area contributed by atoms with E-state index in [1.54, 1.807) is 58.0 Å². The van der Waals surface area contributed by atoms with Crippen molar-refractivity contribution in [3.05, 3.63) is 54.1 Å². The molecular weight excluding hydrogens is 1080 g/mol.